The van der Waals surface area contributed by atoms with E-state index in [0.29, 0.717) is 19.3 Å². The van der Waals surface area contributed by atoms with E-state index in [1.165, 1.54) is 0 Å². The normalized spacial score (nSPS) is 29.1. The van der Waals surface area contributed by atoms with Crippen molar-refractivity contribution >= 4 is 17.8 Å². The van der Waals surface area contributed by atoms with Gasteiger partial charge in [0.1, 0.15) is 6.04 Å². The second kappa shape index (κ2) is 8.84. The molecule has 1 saturated heterocycles. The Labute approximate surface area is 155 Å². The van der Waals surface area contributed by atoms with E-state index in [2.05, 4.69) is 5.32 Å². The summed E-state index contributed by atoms with van der Waals surface area (Å²) in [5.74, 6) is -1.55. The Morgan fingerprint density at radius 3 is 2.50 bits per heavy atom. The predicted octanol–water partition coefficient (Wildman–Crippen LogP) is 2.29. The predicted molar refractivity (Wildman–Crippen MR) is 96.3 cm³/mol. The van der Waals surface area contributed by atoms with Gasteiger partial charge in [-0.25, -0.2) is 4.79 Å². The molecule has 2 aliphatic rings. The Hall–Kier alpha value is -1.63. The number of hydrogen-bond acceptors (Lipinski definition) is 5. The lowest BCUT2D eigenvalue weighted by Gasteiger charge is -2.41. The van der Waals surface area contributed by atoms with E-state index in [9.17, 15) is 19.5 Å². The molecule has 1 amide bonds. The van der Waals surface area contributed by atoms with Crippen molar-refractivity contribution in [2.45, 2.75) is 89.9 Å². The van der Waals surface area contributed by atoms with Crippen molar-refractivity contribution < 1.29 is 24.2 Å². The van der Waals surface area contributed by atoms with Crippen molar-refractivity contribution in [2.24, 2.45) is 5.92 Å². The van der Waals surface area contributed by atoms with Gasteiger partial charge in [-0.3, -0.25) is 14.9 Å². The molecule has 4 atom stereocenters. The fourth-order valence-corrected chi connectivity index (χ4v) is 4.54. The van der Waals surface area contributed by atoms with Gasteiger partial charge in [-0.15, -0.1) is 0 Å². The molecule has 1 aliphatic heterocycles. The Bertz CT molecular complexity index is 538. The summed E-state index contributed by atoms with van der Waals surface area (Å²) >= 11 is 0. The number of rotatable bonds is 8. The van der Waals surface area contributed by atoms with Gasteiger partial charge in [0.2, 0.25) is 5.91 Å². The third-order valence-electron chi connectivity index (χ3n) is 5.66. The molecule has 1 saturated carbocycles. The number of likely N-dealkylation sites (tertiary alicyclic amines) is 1. The molecule has 0 bridgehead atoms. The Kier molecular flexibility index (Phi) is 7.03. The van der Waals surface area contributed by atoms with Crippen molar-refractivity contribution in [1.29, 1.82) is 0 Å². The summed E-state index contributed by atoms with van der Waals surface area (Å²) in [6.45, 7) is 5.65. The number of carbonyl (C=O) groups excluding carboxylic acids is 2. The Morgan fingerprint density at radius 1 is 1.23 bits per heavy atom. The smallest absolute Gasteiger partial charge is 0.344 e. The number of amides is 1. The standard InChI is InChI=1S/C19H32N2O5/c1-4-9-14(17(23)26-6-3)20-19(18(24)25)12-13-10-7-8-11-15(13)21(19)16(22)5-2/h13-15,20H,4-12H2,1-3H3,(H,24,25)/t13-,14-,15-,19-/m0/s1. The van der Waals surface area contributed by atoms with Crippen molar-refractivity contribution in [3.8, 4) is 0 Å². The number of hydrogen-bond donors (Lipinski definition) is 2. The molecule has 0 radical (unpaired) electrons. The van der Waals surface area contributed by atoms with Gasteiger partial charge in [0, 0.05) is 18.9 Å². The minimum atomic E-state index is -1.53. The molecular weight excluding hydrogens is 336 g/mol. The van der Waals surface area contributed by atoms with Crippen LogP contribution in [0.3, 0.4) is 0 Å². The first kappa shape index (κ1) is 20.7. The summed E-state index contributed by atoms with van der Waals surface area (Å²) in [5, 5.41) is 13.2. The first-order chi connectivity index (χ1) is 12.4. The van der Waals surface area contributed by atoms with Crippen LogP contribution < -0.4 is 5.32 Å². The molecule has 0 aromatic carbocycles. The van der Waals surface area contributed by atoms with E-state index in [1.54, 1.807) is 18.7 Å². The fraction of sp³-hybridized carbons (Fsp3) is 0.842. The molecule has 0 aromatic heterocycles. The van der Waals surface area contributed by atoms with E-state index < -0.39 is 23.6 Å². The second-order valence-electron chi connectivity index (χ2n) is 7.34. The van der Waals surface area contributed by atoms with Crippen molar-refractivity contribution in [1.82, 2.24) is 10.2 Å². The first-order valence-corrected chi connectivity index (χ1v) is 9.91. The Balaban J connectivity index is 2.39. The van der Waals surface area contributed by atoms with Gasteiger partial charge in [0.25, 0.3) is 0 Å². The van der Waals surface area contributed by atoms with E-state index >= 15 is 0 Å². The summed E-state index contributed by atoms with van der Waals surface area (Å²) in [6.07, 6.45) is 5.58. The molecule has 148 valence electrons. The van der Waals surface area contributed by atoms with Gasteiger partial charge in [-0.1, -0.05) is 33.1 Å². The summed E-state index contributed by atoms with van der Waals surface area (Å²) in [5.41, 5.74) is -1.53. The zero-order chi connectivity index (χ0) is 19.3. The van der Waals surface area contributed by atoms with Gasteiger partial charge in [0.15, 0.2) is 5.66 Å². The summed E-state index contributed by atoms with van der Waals surface area (Å²) < 4.78 is 5.13. The minimum Gasteiger partial charge on any atom is -0.478 e. The van der Waals surface area contributed by atoms with E-state index in [-0.39, 0.29) is 30.9 Å². The molecule has 7 nitrogen and oxygen atoms in total. The third-order valence-corrected chi connectivity index (χ3v) is 5.66. The van der Waals surface area contributed by atoms with Crippen LogP contribution in [-0.2, 0) is 19.1 Å². The van der Waals surface area contributed by atoms with Crippen LogP contribution in [0.25, 0.3) is 0 Å². The first-order valence-electron chi connectivity index (χ1n) is 9.91. The lowest BCUT2D eigenvalue weighted by molar-refractivity contribution is -0.164. The third kappa shape index (κ3) is 3.87. The number of carboxylic acids is 1. The summed E-state index contributed by atoms with van der Waals surface area (Å²) in [7, 11) is 0. The highest BCUT2D eigenvalue weighted by atomic mass is 16.5. The van der Waals surface area contributed by atoms with Crippen LogP contribution in [0.4, 0.5) is 0 Å². The van der Waals surface area contributed by atoms with Gasteiger partial charge >= 0.3 is 11.9 Å². The molecule has 0 spiro atoms. The lowest BCUT2D eigenvalue weighted by atomic mass is 9.84. The van der Waals surface area contributed by atoms with Gasteiger partial charge in [0.05, 0.1) is 6.61 Å². The zero-order valence-electron chi connectivity index (χ0n) is 16.1. The summed E-state index contributed by atoms with van der Waals surface area (Å²) in [6, 6.07) is -0.798. The molecule has 1 heterocycles. The van der Waals surface area contributed by atoms with Crippen LogP contribution in [0.15, 0.2) is 0 Å². The fourth-order valence-electron chi connectivity index (χ4n) is 4.54. The van der Waals surface area contributed by atoms with Gasteiger partial charge in [-0.05, 0) is 32.1 Å². The minimum absolute atomic E-state index is 0.0655. The number of carboxylic acid groups (broad SMARTS) is 1. The molecule has 0 aromatic rings. The largest absolute Gasteiger partial charge is 0.478 e. The quantitative estimate of drug-likeness (QED) is 0.638. The van der Waals surface area contributed by atoms with Gasteiger partial charge < -0.3 is 14.7 Å². The van der Waals surface area contributed by atoms with E-state index in [4.69, 9.17) is 4.74 Å². The Morgan fingerprint density at radius 2 is 1.92 bits per heavy atom. The lowest BCUT2D eigenvalue weighted by Crippen LogP contribution is -2.67. The number of esters is 1. The monoisotopic (exact) mass is 368 g/mol. The number of fused-ring (bicyclic) bond motifs is 1. The molecule has 26 heavy (non-hydrogen) atoms. The maximum atomic E-state index is 12.7. The number of aliphatic carboxylic acids is 1. The highest BCUT2D eigenvalue weighted by Crippen LogP contribution is 2.45. The molecule has 0 unspecified atom stereocenters. The maximum absolute atomic E-state index is 12.7. The molecule has 2 rings (SSSR count). The van der Waals surface area contributed by atoms with Crippen LogP contribution in [-0.4, -0.2) is 52.2 Å². The topological polar surface area (TPSA) is 95.9 Å². The highest BCUT2D eigenvalue weighted by Gasteiger charge is 2.59. The number of nitrogens with zero attached hydrogens (tertiary/aromatic N) is 1. The average Bonchev–Trinajstić information content (AvgIpc) is 2.96. The number of ether oxygens (including phenoxy) is 1. The zero-order valence-corrected chi connectivity index (χ0v) is 16.1. The molecule has 1 aliphatic carbocycles. The van der Waals surface area contributed by atoms with Crippen LogP contribution in [0, 0.1) is 5.92 Å². The molecular formula is C19H32N2O5. The SMILES string of the molecule is CCC[C@H](N[C@@]1(C(=O)O)C[C@@H]2CCCC[C@@H]2N1C(=O)CC)C(=O)OCC. The van der Waals surface area contributed by atoms with E-state index in [0.717, 1.165) is 25.7 Å². The highest BCUT2D eigenvalue weighted by molar-refractivity contribution is 5.89. The van der Waals surface area contributed by atoms with E-state index in [1.807, 2.05) is 6.92 Å². The second-order valence-corrected chi connectivity index (χ2v) is 7.34. The number of carbonyl (C=O) groups is 3. The molecule has 2 fully saturated rings. The number of nitrogens with one attached hydrogen (secondary N) is 1. The van der Waals surface area contributed by atoms with Crippen LogP contribution >= 0.6 is 0 Å². The van der Waals surface area contributed by atoms with Crippen molar-refractivity contribution in [3.63, 3.8) is 0 Å². The van der Waals surface area contributed by atoms with Crippen LogP contribution in [0.5, 0.6) is 0 Å². The molecule has 2 N–H and O–H groups in total. The van der Waals surface area contributed by atoms with Crippen LogP contribution in [0.2, 0.25) is 0 Å². The van der Waals surface area contributed by atoms with Gasteiger partial charge in [-0.2, -0.15) is 0 Å². The average molecular weight is 368 g/mol. The maximum Gasteiger partial charge on any atom is 0.344 e. The van der Waals surface area contributed by atoms with Crippen molar-refractivity contribution in [2.75, 3.05) is 6.61 Å². The van der Waals surface area contributed by atoms with Crippen molar-refractivity contribution in [3.05, 3.63) is 0 Å². The summed E-state index contributed by atoms with van der Waals surface area (Å²) in [4.78, 5) is 39.0. The van der Waals surface area contributed by atoms with Crippen LogP contribution in [0.1, 0.15) is 72.1 Å². The molecule has 7 heteroatoms.